The van der Waals surface area contributed by atoms with Gasteiger partial charge < -0.3 is 15.3 Å². The van der Waals surface area contributed by atoms with Crippen LogP contribution in [0.4, 0.5) is 10.5 Å². The Balaban J connectivity index is 2.04. The van der Waals surface area contributed by atoms with E-state index in [-0.39, 0.29) is 12.6 Å². The minimum atomic E-state index is -0.109. The SMILES string of the molecule is CCc1cc(NC(=O)N(CCO)C2CC2)ccc1C. The molecule has 4 heteroatoms. The lowest BCUT2D eigenvalue weighted by Crippen LogP contribution is -2.38. The Morgan fingerprint density at radius 2 is 2.21 bits per heavy atom. The van der Waals surface area contributed by atoms with Gasteiger partial charge in [-0.25, -0.2) is 4.79 Å². The summed E-state index contributed by atoms with van der Waals surface area (Å²) in [6.45, 7) is 4.60. The standard InChI is InChI=1S/C15H22N2O2/c1-3-12-10-13(5-4-11(12)2)16-15(19)17(8-9-18)14-6-7-14/h4-5,10,14,18H,3,6-9H2,1-2H3,(H,16,19). The van der Waals surface area contributed by atoms with E-state index in [1.807, 2.05) is 18.2 Å². The number of nitrogens with one attached hydrogen (secondary N) is 1. The topological polar surface area (TPSA) is 52.6 Å². The lowest BCUT2D eigenvalue weighted by molar-refractivity contribution is 0.185. The zero-order chi connectivity index (χ0) is 13.8. The minimum Gasteiger partial charge on any atom is -0.395 e. The molecule has 104 valence electrons. The van der Waals surface area contributed by atoms with E-state index in [1.165, 1.54) is 11.1 Å². The van der Waals surface area contributed by atoms with Crippen molar-refractivity contribution in [1.82, 2.24) is 4.90 Å². The van der Waals surface area contributed by atoms with Crippen LogP contribution in [0.2, 0.25) is 0 Å². The summed E-state index contributed by atoms with van der Waals surface area (Å²) in [5, 5.41) is 12.0. The number of benzene rings is 1. The quantitative estimate of drug-likeness (QED) is 0.856. The summed E-state index contributed by atoms with van der Waals surface area (Å²) in [6.07, 6.45) is 3.04. The maximum absolute atomic E-state index is 12.2. The summed E-state index contributed by atoms with van der Waals surface area (Å²) in [5.41, 5.74) is 3.32. The molecule has 19 heavy (non-hydrogen) atoms. The highest BCUT2D eigenvalue weighted by atomic mass is 16.3. The lowest BCUT2D eigenvalue weighted by atomic mass is 10.1. The molecule has 2 amide bonds. The third-order valence-electron chi connectivity index (χ3n) is 3.57. The Morgan fingerprint density at radius 1 is 1.47 bits per heavy atom. The lowest BCUT2D eigenvalue weighted by Gasteiger charge is -2.22. The first-order chi connectivity index (χ1) is 9.15. The van der Waals surface area contributed by atoms with Gasteiger partial charge in [-0.2, -0.15) is 0 Å². The van der Waals surface area contributed by atoms with Gasteiger partial charge in [0.1, 0.15) is 0 Å². The number of hydrogen-bond acceptors (Lipinski definition) is 2. The number of amides is 2. The Kier molecular flexibility index (Phi) is 4.43. The summed E-state index contributed by atoms with van der Waals surface area (Å²) in [4.78, 5) is 13.9. The molecule has 0 aromatic heterocycles. The second-order valence-electron chi connectivity index (χ2n) is 5.07. The van der Waals surface area contributed by atoms with Crippen molar-refractivity contribution in [3.05, 3.63) is 29.3 Å². The molecule has 0 radical (unpaired) electrons. The maximum atomic E-state index is 12.2. The van der Waals surface area contributed by atoms with Crippen LogP contribution in [0.3, 0.4) is 0 Å². The molecule has 2 N–H and O–H groups in total. The number of hydrogen-bond donors (Lipinski definition) is 2. The fourth-order valence-corrected chi connectivity index (χ4v) is 2.27. The molecule has 1 aromatic rings. The number of rotatable bonds is 5. The highest BCUT2D eigenvalue weighted by molar-refractivity contribution is 5.89. The Hall–Kier alpha value is -1.55. The van der Waals surface area contributed by atoms with Crippen LogP contribution in [-0.2, 0) is 6.42 Å². The third kappa shape index (κ3) is 3.47. The van der Waals surface area contributed by atoms with Crippen molar-refractivity contribution in [2.45, 2.75) is 39.2 Å². The monoisotopic (exact) mass is 262 g/mol. The first-order valence-electron chi connectivity index (χ1n) is 6.93. The molecule has 0 saturated heterocycles. The highest BCUT2D eigenvalue weighted by Gasteiger charge is 2.32. The van der Waals surface area contributed by atoms with E-state index in [4.69, 9.17) is 5.11 Å². The molecule has 0 unspecified atom stereocenters. The van der Waals surface area contributed by atoms with Crippen LogP contribution >= 0.6 is 0 Å². The summed E-state index contributed by atoms with van der Waals surface area (Å²) in [7, 11) is 0. The normalized spacial score (nSPS) is 14.3. The molecular formula is C15H22N2O2. The molecule has 4 nitrogen and oxygen atoms in total. The molecular weight excluding hydrogens is 240 g/mol. The minimum absolute atomic E-state index is 0.0119. The van der Waals surface area contributed by atoms with Gasteiger partial charge in [-0.15, -0.1) is 0 Å². The van der Waals surface area contributed by atoms with Crippen molar-refractivity contribution < 1.29 is 9.90 Å². The maximum Gasteiger partial charge on any atom is 0.322 e. The van der Waals surface area contributed by atoms with E-state index < -0.39 is 0 Å². The fraction of sp³-hybridized carbons (Fsp3) is 0.533. The zero-order valence-electron chi connectivity index (χ0n) is 11.6. The van der Waals surface area contributed by atoms with E-state index in [1.54, 1.807) is 4.90 Å². The molecule has 0 aliphatic heterocycles. The number of aryl methyl sites for hydroxylation is 2. The van der Waals surface area contributed by atoms with Gasteiger partial charge in [0.25, 0.3) is 0 Å². The van der Waals surface area contributed by atoms with Crippen LogP contribution in [0.1, 0.15) is 30.9 Å². The molecule has 0 heterocycles. The summed E-state index contributed by atoms with van der Waals surface area (Å²) >= 11 is 0. The van der Waals surface area contributed by atoms with Gasteiger partial charge in [0, 0.05) is 18.3 Å². The van der Waals surface area contributed by atoms with Crippen LogP contribution in [0.25, 0.3) is 0 Å². The number of aliphatic hydroxyl groups excluding tert-OH is 1. The van der Waals surface area contributed by atoms with E-state index in [0.29, 0.717) is 12.6 Å². The van der Waals surface area contributed by atoms with Gasteiger partial charge in [-0.3, -0.25) is 0 Å². The van der Waals surface area contributed by atoms with Crippen molar-refractivity contribution in [2.75, 3.05) is 18.5 Å². The predicted octanol–water partition coefficient (Wildman–Crippen LogP) is 2.55. The van der Waals surface area contributed by atoms with Crippen LogP contribution in [0.5, 0.6) is 0 Å². The molecule has 1 fully saturated rings. The van der Waals surface area contributed by atoms with Gasteiger partial charge >= 0.3 is 6.03 Å². The summed E-state index contributed by atoms with van der Waals surface area (Å²) in [6, 6.07) is 6.18. The molecule has 0 spiro atoms. The number of carbonyl (C=O) groups excluding carboxylic acids is 1. The summed E-state index contributed by atoms with van der Waals surface area (Å²) < 4.78 is 0. The van der Waals surface area contributed by atoms with Gasteiger partial charge in [0.15, 0.2) is 0 Å². The van der Waals surface area contributed by atoms with E-state index in [0.717, 1.165) is 24.9 Å². The van der Waals surface area contributed by atoms with Gasteiger partial charge in [-0.05, 0) is 49.4 Å². The number of urea groups is 1. The van der Waals surface area contributed by atoms with Crippen LogP contribution in [0.15, 0.2) is 18.2 Å². The average Bonchev–Trinajstić information content (AvgIpc) is 3.22. The largest absolute Gasteiger partial charge is 0.395 e. The van der Waals surface area contributed by atoms with Crippen molar-refractivity contribution in [3.8, 4) is 0 Å². The first kappa shape index (κ1) is 13.9. The first-order valence-corrected chi connectivity index (χ1v) is 6.93. The Labute approximate surface area is 114 Å². The van der Waals surface area contributed by atoms with E-state index in [2.05, 4.69) is 19.2 Å². The van der Waals surface area contributed by atoms with Crippen LogP contribution in [-0.4, -0.2) is 35.2 Å². The molecule has 1 saturated carbocycles. The number of aliphatic hydroxyl groups is 1. The van der Waals surface area contributed by atoms with Crippen molar-refractivity contribution in [1.29, 1.82) is 0 Å². The third-order valence-corrected chi connectivity index (χ3v) is 3.57. The van der Waals surface area contributed by atoms with Gasteiger partial charge in [0.05, 0.1) is 6.61 Å². The highest BCUT2D eigenvalue weighted by Crippen LogP contribution is 2.27. The number of anilines is 1. The van der Waals surface area contributed by atoms with Crippen LogP contribution in [0, 0.1) is 6.92 Å². The molecule has 2 rings (SSSR count). The molecule has 1 aliphatic rings. The van der Waals surface area contributed by atoms with Gasteiger partial charge in [-0.1, -0.05) is 13.0 Å². The average molecular weight is 262 g/mol. The Bertz CT molecular complexity index is 455. The zero-order valence-corrected chi connectivity index (χ0v) is 11.6. The van der Waals surface area contributed by atoms with Crippen LogP contribution < -0.4 is 5.32 Å². The van der Waals surface area contributed by atoms with E-state index in [9.17, 15) is 4.79 Å². The van der Waals surface area contributed by atoms with Crippen molar-refractivity contribution in [3.63, 3.8) is 0 Å². The Morgan fingerprint density at radius 3 is 2.79 bits per heavy atom. The second kappa shape index (κ2) is 6.06. The smallest absolute Gasteiger partial charge is 0.322 e. The second-order valence-corrected chi connectivity index (χ2v) is 5.07. The van der Waals surface area contributed by atoms with Crippen molar-refractivity contribution >= 4 is 11.7 Å². The molecule has 1 aliphatic carbocycles. The van der Waals surface area contributed by atoms with Gasteiger partial charge in [0.2, 0.25) is 0 Å². The number of carbonyl (C=O) groups is 1. The molecule has 0 bridgehead atoms. The van der Waals surface area contributed by atoms with Crippen molar-refractivity contribution in [2.24, 2.45) is 0 Å². The predicted molar refractivity (Wildman–Crippen MR) is 76.4 cm³/mol. The fourth-order valence-electron chi connectivity index (χ4n) is 2.27. The summed E-state index contributed by atoms with van der Waals surface area (Å²) in [5.74, 6) is 0. The number of nitrogens with zero attached hydrogens (tertiary/aromatic N) is 1. The molecule has 1 aromatic carbocycles. The van der Waals surface area contributed by atoms with E-state index >= 15 is 0 Å². The molecule has 0 atom stereocenters.